The van der Waals surface area contributed by atoms with Gasteiger partial charge in [0.1, 0.15) is 0 Å². The van der Waals surface area contributed by atoms with Gasteiger partial charge in [0.15, 0.2) is 0 Å². The standard InChI is InChI=1S/C18H30N2/c1-14(2)15-9-11-16(12-10-15)18(19-3)13-20(4)17-7-5-6-8-17/h9-12,14,17-19H,5-8,13H2,1-4H3. The van der Waals surface area contributed by atoms with Crippen molar-refractivity contribution >= 4 is 0 Å². The molecule has 0 saturated heterocycles. The summed E-state index contributed by atoms with van der Waals surface area (Å²) >= 11 is 0. The molecule has 0 aromatic heterocycles. The van der Waals surface area contributed by atoms with Crippen molar-refractivity contribution in [3.05, 3.63) is 35.4 Å². The van der Waals surface area contributed by atoms with Crippen molar-refractivity contribution in [3.8, 4) is 0 Å². The molecule has 2 heteroatoms. The molecule has 2 nitrogen and oxygen atoms in total. The smallest absolute Gasteiger partial charge is 0.0446 e. The molecular weight excluding hydrogens is 244 g/mol. The highest BCUT2D eigenvalue weighted by Gasteiger charge is 2.22. The van der Waals surface area contributed by atoms with Crippen LogP contribution in [0.3, 0.4) is 0 Å². The predicted octanol–water partition coefficient (Wildman–Crippen LogP) is 3.94. The number of nitrogens with one attached hydrogen (secondary N) is 1. The fraction of sp³-hybridized carbons (Fsp3) is 0.667. The van der Waals surface area contributed by atoms with Crippen LogP contribution in [0.2, 0.25) is 0 Å². The average molecular weight is 274 g/mol. The second-order valence-electron chi connectivity index (χ2n) is 6.54. The largest absolute Gasteiger partial charge is 0.312 e. The zero-order chi connectivity index (χ0) is 14.5. The van der Waals surface area contributed by atoms with Crippen LogP contribution in [0.5, 0.6) is 0 Å². The van der Waals surface area contributed by atoms with Crippen LogP contribution in [-0.4, -0.2) is 31.6 Å². The Morgan fingerprint density at radius 3 is 2.15 bits per heavy atom. The van der Waals surface area contributed by atoms with Gasteiger partial charge in [0.2, 0.25) is 0 Å². The Hall–Kier alpha value is -0.860. The van der Waals surface area contributed by atoms with Crippen LogP contribution in [-0.2, 0) is 0 Å². The summed E-state index contributed by atoms with van der Waals surface area (Å²) in [5.74, 6) is 0.609. The van der Waals surface area contributed by atoms with E-state index < -0.39 is 0 Å². The lowest BCUT2D eigenvalue weighted by atomic mass is 9.98. The molecule has 1 aliphatic carbocycles. The van der Waals surface area contributed by atoms with E-state index in [1.807, 2.05) is 0 Å². The number of hydrogen-bond donors (Lipinski definition) is 1. The summed E-state index contributed by atoms with van der Waals surface area (Å²) in [6.45, 7) is 5.60. The number of hydrogen-bond acceptors (Lipinski definition) is 2. The molecule has 1 atom stereocenters. The first kappa shape index (κ1) is 15.5. The highest BCUT2D eigenvalue weighted by Crippen LogP contribution is 2.25. The van der Waals surface area contributed by atoms with Crippen LogP contribution in [0.4, 0.5) is 0 Å². The van der Waals surface area contributed by atoms with E-state index in [4.69, 9.17) is 0 Å². The van der Waals surface area contributed by atoms with Crippen LogP contribution >= 0.6 is 0 Å². The van der Waals surface area contributed by atoms with E-state index in [2.05, 4.69) is 62.4 Å². The Labute approximate surface area is 124 Å². The summed E-state index contributed by atoms with van der Waals surface area (Å²) in [6.07, 6.45) is 5.56. The molecule has 0 amide bonds. The van der Waals surface area contributed by atoms with Crippen molar-refractivity contribution in [2.45, 2.75) is 57.5 Å². The molecular formula is C18H30N2. The van der Waals surface area contributed by atoms with Gasteiger partial charge in [-0.1, -0.05) is 51.0 Å². The number of rotatable bonds is 6. The summed E-state index contributed by atoms with van der Waals surface area (Å²) in [5.41, 5.74) is 2.83. The lowest BCUT2D eigenvalue weighted by Crippen LogP contribution is -2.36. The van der Waals surface area contributed by atoms with Crippen molar-refractivity contribution in [2.75, 3.05) is 20.6 Å². The first-order valence-corrected chi connectivity index (χ1v) is 8.09. The van der Waals surface area contributed by atoms with E-state index in [-0.39, 0.29) is 0 Å². The molecule has 2 rings (SSSR count). The maximum atomic E-state index is 3.48. The van der Waals surface area contributed by atoms with Crippen molar-refractivity contribution in [1.82, 2.24) is 10.2 Å². The zero-order valence-electron chi connectivity index (χ0n) is 13.5. The molecule has 1 unspecified atom stereocenters. The van der Waals surface area contributed by atoms with Crippen molar-refractivity contribution < 1.29 is 0 Å². The Balaban J connectivity index is 1.99. The minimum Gasteiger partial charge on any atom is -0.312 e. The van der Waals surface area contributed by atoms with Gasteiger partial charge < -0.3 is 10.2 Å². The lowest BCUT2D eigenvalue weighted by Gasteiger charge is -2.29. The van der Waals surface area contributed by atoms with Crippen LogP contribution in [0.1, 0.15) is 62.6 Å². The summed E-state index contributed by atoms with van der Waals surface area (Å²) in [5, 5.41) is 3.48. The average Bonchev–Trinajstić information content (AvgIpc) is 2.99. The molecule has 0 heterocycles. The maximum Gasteiger partial charge on any atom is 0.0446 e. The van der Waals surface area contributed by atoms with Gasteiger partial charge in [-0.05, 0) is 44.0 Å². The van der Waals surface area contributed by atoms with Gasteiger partial charge in [0, 0.05) is 18.6 Å². The molecule has 1 fully saturated rings. The lowest BCUT2D eigenvalue weighted by molar-refractivity contribution is 0.222. The highest BCUT2D eigenvalue weighted by molar-refractivity contribution is 5.27. The van der Waals surface area contributed by atoms with E-state index in [0.717, 1.165) is 12.6 Å². The summed E-state index contributed by atoms with van der Waals surface area (Å²) < 4.78 is 0. The fourth-order valence-electron chi connectivity index (χ4n) is 3.26. The maximum absolute atomic E-state index is 3.48. The molecule has 0 radical (unpaired) electrons. The van der Waals surface area contributed by atoms with E-state index in [1.165, 1.54) is 36.8 Å². The molecule has 0 bridgehead atoms. The minimum absolute atomic E-state index is 0.432. The highest BCUT2D eigenvalue weighted by atomic mass is 15.2. The number of benzene rings is 1. The Morgan fingerprint density at radius 1 is 1.10 bits per heavy atom. The monoisotopic (exact) mass is 274 g/mol. The van der Waals surface area contributed by atoms with Crippen LogP contribution in [0.25, 0.3) is 0 Å². The van der Waals surface area contributed by atoms with E-state index in [1.54, 1.807) is 0 Å². The second-order valence-corrected chi connectivity index (χ2v) is 6.54. The van der Waals surface area contributed by atoms with E-state index in [0.29, 0.717) is 12.0 Å². The number of nitrogens with zero attached hydrogens (tertiary/aromatic N) is 1. The molecule has 1 aliphatic rings. The molecule has 112 valence electrons. The molecule has 0 aliphatic heterocycles. The van der Waals surface area contributed by atoms with E-state index >= 15 is 0 Å². The first-order chi connectivity index (χ1) is 9.61. The Morgan fingerprint density at radius 2 is 1.65 bits per heavy atom. The summed E-state index contributed by atoms with van der Waals surface area (Å²) in [7, 11) is 4.35. The molecule has 1 saturated carbocycles. The molecule has 20 heavy (non-hydrogen) atoms. The van der Waals surface area contributed by atoms with E-state index in [9.17, 15) is 0 Å². The van der Waals surface area contributed by atoms with Gasteiger partial charge in [-0.2, -0.15) is 0 Å². The SMILES string of the molecule is CNC(CN(C)C1CCCC1)c1ccc(C(C)C)cc1. The van der Waals surface area contributed by atoms with Gasteiger partial charge in [0.05, 0.1) is 0 Å². The third-order valence-corrected chi connectivity index (χ3v) is 4.77. The normalized spacial score (nSPS) is 18.1. The third-order valence-electron chi connectivity index (χ3n) is 4.77. The quantitative estimate of drug-likeness (QED) is 0.845. The van der Waals surface area contributed by atoms with Crippen molar-refractivity contribution in [2.24, 2.45) is 0 Å². The van der Waals surface area contributed by atoms with Crippen molar-refractivity contribution in [3.63, 3.8) is 0 Å². The van der Waals surface area contributed by atoms with Crippen LogP contribution in [0.15, 0.2) is 24.3 Å². The molecule has 0 spiro atoms. The molecule has 1 N–H and O–H groups in total. The van der Waals surface area contributed by atoms with Gasteiger partial charge >= 0.3 is 0 Å². The van der Waals surface area contributed by atoms with Crippen molar-refractivity contribution in [1.29, 1.82) is 0 Å². The van der Waals surface area contributed by atoms with Gasteiger partial charge in [-0.15, -0.1) is 0 Å². The minimum atomic E-state index is 0.432. The van der Waals surface area contributed by atoms with Crippen LogP contribution in [0, 0.1) is 0 Å². The Bertz CT molecular complexity index is 390. The Kier molecular flexibility index (Phi) is 5.62. The predicted molar refractivity (Wildman–Crippen MR) is 87.2 cm³/mol. The molecule has 1 aromatic carbocycles. The summed E-state index contributed by atoms with van der Waals surface area (Å²) in [4.78, 5) is 2.55. The second kappa shape index (κ2) is 7.24. The van der Waals surface area contributed by atoms with Gasteiger partial charge in [-0.25, -0.2) is 0 Å². The first-order valence-electron chi connectivity index (χ1n) is 8.09. The fourth-order valence-corrected chi connectivity index (χ4v) is 3.26. The number of likely N-dealkylation sites (N-methyl/N-ethyl adjacent to an activating group) is 2. The van der Waals surface area contributed by atoms with Gasteiger partial charge in [0.25, 0.3) is 0 Å². The summed E-state index contributed by atoms with van der Waals surface area (Å²) in [6, 6.07) is 10.4. The molecule has 1 aromatic rings. The topological polar surface area (TPSA) is 15.3 Å². The zero-order valence-corrected chi connectivity index (χ0v) is 13.5. The third kappa shape index (κ3) is 3.83. The van der Waals surface area contributed by atoms with Gasteiger partial charge in [-0.3, -0.25) is 0 Å². The van der Waals surface area contributed by atoms with Crippen LogP contribution < -0.4 is 5.32 Å².